The van der Waals surface area contributed by atoms with Crippen LogP contribution in [0.4, 0.5) is 0 Å². The van der Waals surface area contributed by atoms with E-state index in [0.29, 0.717) is 30.1 Å². The van der Waals surface area contributed by atoms with Crippen LogP contribution in [0, 0.1) is 11.8 Å². The van der Waals surface area contributed by atoms with E-state index >= 15 is 0 Å². The Balaban J connectivity index is 1.82. The highest BCUT2D eigenvalue weighted by molar-refractivity contribution is 5.89. The zero-order chi connectivity index (χ0) is 12.0. The van der Waals surface area contributed by atoms with Gasteiger partial charge >= 0.3 is 5.97 Å². The van der Waals surface area contributed by atoms with Gasteiger partial charge in [0, 0.05) is 11.5 Å². The summed E-state index contributed by atoms with van der Waals surface area (Å²) in [5, 5.41) is 7.13. The third-order valence-electron chi connectivity index (χ3n) is 3.90. The molecule has 0 radical (unpaired) electrons. The third kappa shape index (κ3) is 1.43. The highest BCUT2D eigenvalue weighted by atomic mass is 16.5. The van der Waals surface area contributed by atoms with Crippen LogP contribution in [-0.2, 0) is 11.2 Å². The normalized spacial score (nSPS) is 28.4. The maximum absolute atomic E-state index is 11.7. The third-order valence-corrected chi connectivity index (χ3v) is 3.90. The van der Waals surface area contributed by atoms with E-state index in [-0.39, 0.29) is 5.97 Å². The zero-order valence-electron chi connectivity index (χ0n) is 9.90. The summed E-state index contributed by atoms with van der Waals surface area (Å²) < 4.78 is 5.01. The van der Waals surface area contributed by atoms with Crippen molar-refractivity contribution in [2.24, 2.45) is 11.8 Å². The second kappa shape index (κ2) is 3.72. The smallest absolute Gasteiger partial charge is 0.356 e. The van der Waals surface area contributed by atoms with E-state index in [1.54, 1.807) is 0 Å². The predicted molar refractivity (Wildman–Crippen MR) is 62.8 cm³/mol. The molecule has 2 aliphatic carbocycles. The van der Waals surface area contributed by atoms with Gasteiger partial charge in [-0.05, 0) is 31.6 Å². The number of hydrogen-bond acceptors (Lipinski definition) is 3. The van der Waals surface area contributed by atoms with Crippen LogP contribution < -0.4 is 0 Å². The molecule has 1 heterocycles. The molecule has 90 valence electrons. The number of allylic oxidation sites excluding steroid dienone is 1. The molecule has 0 saturated heterocycles. The van der Waals surface area contributed by atoms with Crippen molar-refractivity contribution >= 4 is 5.97 Å². The number of H-pyrrole nitrogens is 1. The van der Waals surface area contributed by atoms with Crippen molar-refractivity contribution in [3.63, 3.8) is 0 Å². The highest BCUT2D eigenvalue weighted by Crippen LogP contribution is 2.62. The SMILES string of the molecule is C=CCC1C2Cc3c(n[nH]c3C(=O)OCC)C12. The molecular formula is C13H16N2O2. The lowest BCUT2D eigenvalue weighted by Crippen LogP contribution is -2.08. The fraction of sp³-hybridized carbons (Fsp3) is 0.538. The highest BCUT2D eigenvalue weighted by Gasteiger charge is 2.57. The first kappa shape index (κ1) is 10.6. The molecule has 0 aliphatic heterocycles. The molecule has 1 saturated carbocycles. The van der Waals surface area contributed by atoms with Crippen molar-refractivity contribution < 1.29 is 9.53 Å². The van der Waals surface area contributed by atoms with E-state index in [2.05, 4.69) is 16.8 Å². The lowest BCUT2D eigenvalue weighted by Gasteiger charge is -2.03. The van der Waals surface area contributed by atoms with E-state index in [0.717, 1.165) is 24.1 Å². The molecule has 4 nitrogen and oxygen atoms in total. The molecule has 2 aliphatic rings. The van der Waals surface area contributed by atoms with Crippen molar-refractivity contribution in [1.29, 1.82) is 0 Å². The van der Waals surface area contributed by atoms with E-state index in [4.69, 9.17) is 4.74 Å². The zero-order valence-corrected chi connectivity index (χ0v) is 9.90. The van der Waals surface area contributed by atoms with Crippen LogP contribution in [0.25, 0.3) is 0 Å². The van der Waals surface area contributed by atoms with Gasteiger partial charge in [0.1, 0.15) is 5.69 Å². The van der Waals surface area contributed by atoms with E-state index < -0.39 is 0 Å². The van der Waals surface area contributed by atoms with Gasteiger partial charge in [0.2, 0.25) is 0 Å². The molecule has 0 spiro atoms. The van der Waals surface area contributed by atoms with Gasteiger partial charge in [-0.2, -0.15) is 5.10 Å². The fourth-order valence-corrected chi connectivity index (χ4v) is 3.11. The molecule has 4 heteroatoms. The van der Waals surface area contributed by atoms with Crippen molar-refractivity contribution in [2.75, 3.05) is 6.61 Å². The van der Waals surface area contributed by atoms with Gasteiger partial charge in [-0.3, -0.25) is 5.10 Å². The Labute approximate surface area is 100 Å². The minimum Gasteiger partial charge on any atom is -0.461 e. The Hall–Kier alpha value is -1.58. The average molecular weight is 232 g/mol. The number of ether oxygens (including phenoxy) is 1. The summed E-state index contributed by atoms with van der Waals surface area (Å²) in [7, 11) is 0. The van der Waals surface area contributed by atoms with Gasteiger partial charge < -0.3 is 4.74 Å². The largest absolute Gasteiger partial charge is 0.461 e. The Bertz CT molecular complexity index is 478. The first-order valence-corrected chi connectivity index (χ1v) is 6.13. The van der Waals surface area contributed by atoms with Gasteiger partial charge in [0.15, 0.2) is 0 Å². The first-order valence-electron chi connectivity index (χ1n) is 6.13. The number of carbonyl (C=O) groups excluding carboxylic acids is 1. The number of nitrogens with zero attached hydrogens (tertiary/aromatic N) is 1. The number of aromatic nitrogens is 2. The molecule has 1 aromatic heterocycles. The molecule has 0 aromatic carbocycles. The van der Waals surface area contributed by atoms with Gasteiger partial charge in [-0.15, -0.1) is 6.58 Å². The lowest BCUT2D eigenvalue weighted by molar-refractivity contribution is 0.0518. The van der Waals surface area contributed by atoms with Crippen LogP contribution >= 0.6 is 0 Å². The second-order valence-electron chi connectivity index (χ2n) is 4.76. The number of carbonyl (C=O) groups is 1. The second-order valence-corrected chi connectivity index (χ2v) is 4.76. The van der Waals surface area contributed by atoms with Crippen LogP contribution in [0.3, 0.4) is 0 Å². The number of esters is 1. The molecule has 3 unspecified atom stereocenters. The molecule has 3 atom stereocenters. The molecule has 1 fully saturated rings. The van der Waals surface area contributed by atoms with Crippen molar-refractivity contribution in [3.05, 3.63) is 29.6 Å². The van der Waals surface area contributed by atoms with E-state index in [1.807, 2.05) is 13.0 Å². The number of aromatic amines is 1. The van der Waals surface area contributed by atoms with Gasteiger partial charge in [-0.1, -0.05) is 6.08 Å². The lowest BCUT2D eigenvalue weighted by atomic mass is 10.0. The summed E-state index contributed by atoms with van der Waals surface area (Å²) in [6.45, 7) is 5.99. The maximum Gasteiger partial charge on any atom is 0.356 e. The number of nitrogens with one attached hydrogen (secondary N) is 1. The quantitative estimate of drug-likeness (QED) is 0.638. The van der Waals surface area contributed by atoms with Gasteiger partial charge in [0.05, 0.1) is 12.3 Å². The summed E-state index contributed by atoms with van der Waals surface area (Å²) in [6.07, 6.45) is 3.99. The number of hydrogen-bond donors (Lipinski definition) is 1. The summed E-state index contributed by atoms with van der Waals surface area (Å²) in [5.74, 6) is 1.64. The van der Waals surface area contributed by atoms with Gasteiger partial charge in [-0.25, -0.2) is 4.79 Å². The van der Waals surface area contributed by atoms with Crippen LogP contribution in [0.15, 0.2) is 12.7 Å². The molecule has 0 bridgehead atoms. The molecule has 1 aromatic rings. The van der Waals surface area contributed by atoms with E-state index in [1.165, 1.54) is 0 Å². The summed E-state index contributed by atoms with van der Waals surface area (Å²) in [6, 6.07) is 0. The minimum atomic E-state index is -0.275. The molecule has 0 amide bonds. The molecular weight excluding hydrogens is 216 g/mol. The van der Waals surface area contributed by atoms with Crippen molar-refractivity contribution in [2.45, 2.75) is 25.7 Å². The summed E-state index contributed by atoms with van der Waals surface area (Å²) in [4.78, 5) is 11.7. The Kier molecular flexibility index (Phi) is 2.31. The summed E-state index contributed by atoms with van der Waals surface area (Å²) in [5.41, 5.74) is 2.73. The molecule has 3 rings (SSSR count). The number of rotatable bonds is 4. The summed E-state index contributed by atoms with van der Waals surface area (Å²) >= 11 is 0. The number of fused-ring (bicyclic) bond motifs is 3. The Morgan fingerprint density at radius 1 is 1.71 bits per heavy atom. The van der Waals surface area contributed by atoms with Crippen LogP contribution in [0.2, 0.25) is 0 Å². The predicted octanol–water partition coefficient (Wildman–Crippen LogP) is 2.05. The van der Waals surface area contributed by atoms with Crippen LogP contribution in [-0.4, -0.2) is 22.8 Å². The Morgan fingerprint density at radius 3 is 3.24 bits per heavy atom. The van der Waals surface area contributed by atoms with Crippen LogP contribution in [0.1, 0.15) is 41.0 Å². The first-order chi connectivity index (χ1) is 8.27. The monoisotopic (exact) mass is 232 g/mol. The fourth-order valence-electron chi connectivity index (χ4n) is 3.11. The average Bonchev–Trinajstić information content (AvgIpc) is 2.70. The van der Waals surface area contributed by atoms with Gasteiger partial charge in [0.25, 0.3) is 0 Å². The van der Waals surface area contributed by atoms with Crippen molar-refractivity contribution in [3.8, 4) is 0 Å². The Morgan fingerprint density at radius 2 is 2.53 bits per heavy atom. The maximum atomic E-state index is 11.7. The molecule has 1 N–H and O–H groups in total. The minimum absolute atomic E-state index is 0.275. The van der Waals surface area contributed by atoms with Crippen molar-refractivity contribution in [1.82, 2.24) is 10.2 Å². The van der Waals surface area contributed by atoms with Crippen LogP contribution in [0.5, 0.6) is 0 Å². The van der Waals surface area contributed by atoms with E-state index in [9.17, 15) is 4.79 Å². The standard InChI is InChI=1S/C13H16N2O2/c1-3-5-7-8-6-9-11(10(7)8)14-15-12(9)13(16)17-4-2/h3,7-8,10H,1,4-6H2,2H3,(H,14,15). The molecule has 17 heavy (non-hydrogen) atoms. The topological polar surface area (TPSA) is 55.0 Å².